The van der Waals surface area contributed by atoms with E-state index in [1.807, 2.05) is 0 Å². The van der Waals surface area contributed by atoms with Gasteiger partial charge in [-0.15, -0.1) is 0 Å². The number of hydrogen-bond acceptors (Lipinski definition) is 5. The topological polar surface area (TPSA) is 88.5 Å². The van der Waals surface area contributed by atoms with Crippen LogP contribution in [0.2, 0.25) is 0 Å². The molecule has 1 saturated carbocycles. The van der Waals surface area contributed by atoms with Crippen molar-refractivity contribution >= 4 is 5.88 Å². The van der Waals surface area contributed by atoms with Crippen LogP contribution >= 0.6 is 0 Å². The van der Waals surface area contributed by atoms with Gasteiger partial charge in [0.2, 0.25) is 0 Å². The Labute approximate surface area is 105 Å². The van der Waals surface area contributed by atoms with Crippen LogP contribution in [-0.2, 0) is 6.54 Å². The molecule has 0 unspecified atom stereocenters. The van der Waals surface area contributed by atoms with E-state index in [1.54, 1.807) is 6.07 Å². The molecule has 18 heavy (non-hydrogen) atoms. The minimum absolute atomic E-state index is 0.131. The van der Waals surface area contributed by atoms with Crippen LogP contribution in [-0.4, -0.2) is 22.7 Å². The third-order valence-corrected chi connectivity index (χ3v) is 3.38. The largest absolute Gasteiger partial charge is 0.433 e. The van der Waals surface area contributed by atoms with Crippen LogP contribution in [0, 0.1) is 16.0 Å². The molecule has 0 amide bonds. The highest BCUT2D eigenvalue weighted by Crippen LogP contribution is 2.23. The molecule has 0 aromatic carbocycles. The molecule has 1 heterocycles. The molecule has 0 atom stereocenters. The monoisotopic (exact) mass is 254 g/mol. The van der Waals surface area contributed by atoms with Gasteiger partial charge < -0.3 is 14.8 Å². The molecule has 0 radical (unpaired) electrons. The minimum atomic E-state index is -0.536. The molecule has 1 fully saturated rings. The molecule has 1 aliphatic rings. The van der Waals surface area contributed by atoms with Crippen molar-refractivity contribution in [1.82, 2.24) is 5.32 Å². The van der Waals surface area contributed by atoms with E-state index in [2.05, 4.69) is 5.32 Å². The van der Waals surface area contributed by atoms with Gasteiger partial charge in [0, 0.05) is 0 Å². The number of hydrogen-bond donors (Lipinski definition) is 2. The second-order valence-corrected chi connectivity index (χ2v) is 4.80. The van der Waals surface area contributed by atoms with Crippen molar-refractivity contribution in [3.05, 3.63) is 28.0 Å². The van der Waals surface area contributed by atoms with Crippen LogP contribution < -0.4 is 5.32 Å². The first-order valence-corrected chi connectivity index (χ1v) is 6.27. The predicted octanol–water partition coefficient (Wildman–Crippen LogP) is 1.83. The number of nitrogens with one attached hydrogen (secondary N) is 1. The van der Waals surface area contributed by atoms with Crippen LogP contribution in [0.3, 0.4) is 0 Å². The standard InChI is InChI=1S/C12H18N2O4/c15-10-3-1-9(2-4-10)7-13-8-11-5-6-12(18-11)14(16)17/h5-6,9-10,13,15H,1-4,7-8H2. The molecule has 2 N–H and O–H groups in total. The lowest BCUT2D eigenvalue weighted by Crippen LogP contribution is -2.27. The van der Waals surface area contributed by atoms with Gasteiger partial charge in [0.25, 0.3) is 0 Å². The molecule has 100 valence electrons. The van der Waals surface area contributed by atoms with Gasteiger partial charge in [-0.1, -0.05) is 0 Å². The van der Waals surface area contributed by atoms with Crippen molar-refractivity contribution < 1.29 is 14.4 Å². The first-order valence-electron chi connectivity index (χ1n) is 6.27. The third-order valence-electron chi connectivity index (χ3n) is 3.38. The van der Waals surface area contributed by atoms with Crippen molar-refractivity contribution in [3.63, 3.8) is 0 Å². The van der Waals surface area contributed by atoms with E-state index in [-0.39, 0.29) is 12.0 Å². The maximum Gasteiger partial charge on any atom is 0.433 e. The molecule has 1 aromatic rings. The maximum atomic E-state index is 10.4. The van der Waals surface area contributed by atoms with Gasteiger partial charge in [-0.25, -0.2) is 0 Å². The van der Waals surface area contributed by atoms with Gasteiger partial charge in [0.05, 0.1) is 18.7 Å². The fourth-order valence-electron chi connectivity index (χ4n) is 2.31. The lowest BCUT2D eigenvalue weighted by molar-refractivity contribution is -0.402. The molecule has 2 rings (SSSR count). The van der Waals surface area contributed by atoms with E-state index in [0.29, 0.717) is 18.2 Å². The Hall–Kier alpha value is -1.40. The fourth-order valence-corrected chi connectivity index (χ4v) is 2.31. The van der Waals surface area contributed by atoms with Crippen LogP contribution in [0.25, 0.3) is 0 Å². The van der Waals surface area contributed by atoms with Gasteiger partial charge >= 0.3 is 5.88 Å². The van der Waals surface area contributed by atoms with Crippen LogP contribution in [0.15, 0.2) is 16.5 Å². The first kappa shape index (κ1) is 13.0. The van der Waals surface area contributed by atoms with Gasteiger partial charge in [-0.3, -0.25) is 10.1 Å². The summed E-state index contributed by atoms with van der Waals surface area (Å²) in [6, 6.07) is 2.99. The normalized spacial score (nSPS) is 24.1. The van der Waals surface area contributed by atoms with E-state index in [1.165, 1.54) is 6.07 Å². The molecule has 6 heteroatoms. The van der Waals surface area contributed by atoms with Crippen molar-refractivity contribution in [2.75, 3.05) is 6.54 Å². The Morgan fingerprint density at radius 1 is 1.39 bits per heavy atom. The van der Waals surface area contributed by atoms with E-state index >= 15 is 0 Å². The van der Waals surface area contributed by atoms with Crippen molar-refractivity contribution in [2.24, 2.45) is 5.92 Å². The lowest BCUT2D eigenvalue weighted by atomic mass is 9.87. The summed E-state index contributed by atoms with van der Waals surface area (Å²) in [5.74, 6) is 0.948. The zero-order chi connectivity index (χ0) is 13.0. The average Bonchev–Trinajstić information content (AvgIpc) is 2.81. The molecule has 1 aromatic heterocycles. The van der Waals surface area contributed by atoms with Gasteiger partial charge in [0.15, 0.2) is 0 Å². The fraction of sp³-hybridized carbons (Fsp3) is 0.667. The van der Waals surface area contributed by atoms with Crippen molar-refractivity contribution in [1.29, 1.82) is 0 Å². The smallest absolute Gasteiger partial charge is 0.404 e. The quantitative estimate of drug-likeness (QED) is 0.618. The molecular formula is C12H18N2O4. The number of aliphatic hydroxyl groups excluding tert-OH is 1. The Morgan fingerprint density at radius 2 is 2.11 bits per heavy atom. The number of nitrogens with zero attached hydrogens (tertiary/aromatic N) is 1. The molecule has 0 spiro atoms. The number of aliphatic hydroxyl groups is 1. The molecule has 0 aliphatic heterocycles. The van der Waals surface area contributed by atoms with Gasteiger partial charge in [-0.05, 0) is 44.2 Å². The number of nitro groups is 1. The zero-order valence-corrected chi connectivity index (χ0v) is 10.2. The summed E-state index contributed by atoms with van der Waals surface area (Å²) in [5, 5.41) is 23.1. The minimum Gasteiger partial charge on any atom is -0.404 e. The maximum absolute atomic E-state index is 10.4. The highest BCUT2D eigenvalue weighted by Gasteiger charge is 2.19. The summed E-state index contributed by atoms with van der Waals surface area (Å²) >= 11 is 0. The van der Waals surface area contributed by atoms with Crippen LogP contribution in [0.5, 0.6) is 0 Å². The average molecular weight is 254 g/mol. The second kappa shape index (κ2) is 5.97. The molecular weight excluding hydrogens is 236 g/mol. The summed E-state index contributed by atoms with van der Waals surface area (Å²) in [7, 11) is 0. The van der Waals surface area contributed by atoms with E-state index in [9.17, 15) is 15.2 Å². The number of rotatable bonds is 5. The molecule has 6 nitrogen and oxygen atoms in total. The third kappa shape index (κ3) is 3.54. The molecule has 0 bridgehead atoms. The first-order chi connectivity index (χ1) is 8.65. The SMILES string of the molecule is O=[N+]([O-])c1ccc(CNCC2CCC(O)CC2)o1. The lowest BCUT2D eigenvalue weighted by Gasteiger charge is -2.25. The highest BCUT2D eigenvalue weighted by molar-refractivity contribution is 5.17. The summed E-state index contributed by atoms with van der Waals surface area (Å²) in [4.78, 5) is 9.90. The molecule has 0 saturated heterocycles. The Balaban J connectivity index is 1.70. The Bertz CT molecular complexity index is 397. The van der Waals surface area contributed by atoms with Gasteiger partial charge in [-0.2, -0.15) is 0 Å². The van der Waals surface area contributed by atoms with E-state index in [4.69, 9.17) is 4.42 Å². The van der Waals surface area contributed by atoms with E-state index in [0.717, 1.165) is 32.2 Å². The summed E-state index contributed by atoms with van der Waals surface area (Å²) in [5.41, 5.74) is 0. The van der Waals surface area contributed by atoms with Crippen molar-refractivity contribution in [3.8, 4) is 0 Å². The summed E-state index contributed by atoms with van der Waals surface area (Å²) < 4.78 is 5.05. The second-order valence-electron chi connectivity index (χ2n) is 4.80. The summed E-state index contributed by atoms with van der Waals surface area (Å²) in [6.07, 6.45) is 3.68. The van der Waals surface area contributed by atoms with Crippen molar-refractivity contribution in [2.45, 2.75) is 38.3 Å². The molecule has 1 aliphatic carbocycles. The van der Waals surface area contributed by atoms with Gasteiger partial charge in [0.1, 0.15) is 10.7 Å². The Kier molecular flexibility index (Phi) is 4.33. The highest BCUT2D eigenvalue weighted by atomic mass is 16.6. The Morgan fingerprint density at radius 3 is 2.72 bits per heavy atom. The predicted molar refractivity (Wildman–Crippen MR) is 65.0 cm³/mol. The van der Waals surface area contributed by atoms with Crippen LogP contribution in [0.1, 0.15) is 31.4 Å². The number of furan rings is 1. The zero-order valence-electron chi connectivity index (χ0n) is 10.2. The van der Waals surface area contributed by atoms with Crippen LogP contribution in [0.4, 0.5) is 5.88 Å². The summed E-state index contributed by atoms with van der Waals surface area (Å²) in [6.45, 7) is 1.37. The van der Waals surface area contributed by atoms with E-state index < -0.39 is 4.92 Å².